The van der Waals surface area contributed by atoms with Crippen LogP contribution in [0.25, 0.3) is 11.0 Å². The van der Waals surface area contributed by atoms with E-state index in [9.17, 15) is 18.8 Å². The Morgan fingerprint density at radius 2 is 2.03 bits per heavy atom. The summed E-state index contributed by atoms with van der Waals surface area (Å²) in [5.74, 6) is -0.671. The molecule has 1 aliphatic rings. The van der Waals surface area contributed by atoms with Crippen LogP contribution in [0.15, 0.2) is 39.9 Å². The lowest BCUT2D eigenvalue weighted by atomic mass is 9.94. The number of nitrogens with one attached hydrogen (secondary N) is 1. The van der Waals surface area contributed by atoms with Crippen LogP contribution < -0.4 is 11.2 Å². The van der Waals surface area contributed by atoms with Gasteiger partial charge in [-0.05, 0) is 49.9 Å². The van der Waals surface area contributed by atoms with Gasteiger partial charge in [0.1, 0.15) is 11.5 Å². The fourth-order valence-electron chi connectivity index (χ4n) is 4.02. The van der Waals surface area contributed by atoms with Gasteiger partial charge in [0, 0.05) is 19.3 Å². The Kier molecular flexibility index (Phi) is 4.77. The van der Waals surface area contributed by atoms with E-state index in [1.165, 1.54) is 23.7 Å². The van der Waals surface area contributed by atoms with Crippen LogP contribution in [0.4, 0.5) is 4.39 Å². The molecule has 0 aliphatic carbocycles. The highest BCUT2D eigenvalue weighted by Gasteiger charge is 2.31. The van der Waals surface area contributed by atoms with E-state index >= 15 is 0 Å². The van der Waals surface area contributed by atoms with Gasteiger partial charge in [-0.2, -0.15) is 0 Å². The number of likely N-dealkylation sites (tertiary alicyclic amines) is 1. The predicted octanol–water partition coefficient (Wildman–Crippen LogP) is 2.44. The van der Waals surface area contributed by atoms with Crippen molar-refractivity contribution in [3.8, 4) is 0 Å². The number of pyridine rings is 1. The summed E-state index contributed by atoms with van der Waals surface area (Å²) in [6.07, 6.45) is 2.47. The zero-order valence-electron chi connectivity index (χ0n) is 16.2. The molecule has 1 amide bonds. The van der Waals surface area contributed by atoms with Crippen LogP contribution in [-0.4, -0.2) is 31.9 Å². The van der Waals surface area contributed by atoms with E-state index < -0.39 is 11.2 Å². The minimum atomic E-state index is -0.640. The molecule has 1 aromatic carbocycles. The summed E-state index contributed by atoms with van der Waals surface area (Å²) >= 11 is 0. The van der Waals surface area contributed by atoms with Gasteiger partial charge in [0.25, 0.3) is 11.5 Å². The second kappa shape index (κ2) is 7.27. The van der Waals surface area contributed by atoms with E-state index in [0.717, 1.165) is 18.4 Å². The van der Waals surface area contributed by atoms with Crippen molar-refractivity contribution in [1.82, 2.24) is 19.4 Å². The summed E-state index contributed by atoms with van der Waals surface area (Å²) in [7, 11) is 1.50. The molecule has 7 nitrogen and oxygen atoms in total. The Morgan fingerprint density at radius 1 is 1.24 bits per heavy atom. The third-order valence-electron chi connectivity index (χ3n) is 5.43. The number of carbonyl (C=O) groups is 1. The van der Waals surface area contributed by atoms with E-state index in [1.54, 1.807) is 24.0 Å². The maximum absolute atomic E-state index is 13.8. The fraction of sp³-hybridized carbons (Fsp3) is 0.333. The van der Waals surface area contributed by atoms with Crippen LogP contribution in [-0.2, 0) is 7.05 Å². The molecule has 29 heavy (non-hydrogen) atoms. The monoisotopic (exact) mass is 396 g/mol. The first-order valence-corrected chi connectivity index (χ1v) is 9.54. The minimum Gasteiger partial charge on any atom is -0.332 e. The summed E-state index contributed by atoms with van der Waals surface area (Å²) < 4.78 is 15.0. The molecule has 0 bridgehead atoms. The standard InChI is InChI=1S/C21H21FN4O3/c1-12-10-15(17-18(23-12)25(2)21(29)24-19(17)27)20(28)26-9-4-3-8-16(26)13-6-5-7-14(22)11-13/h5-7,10-11,16H,3-4,8-9H2,1-2H3,(H,24,27,29)/t16-/m0/s1. The number of aryl methyl sites for hydroxylation is 2. The van der Waals surface area contributed by atoms with Crippen molar-refractivity contribution in [3.05, 3.63) is 73.8 Å². The molecule has 3 aromatic rings. The highest BCUT2D eigenvalue weighted by atomic mass is 19.1. The molecule has 4 rings (SSSR count). The van der Waals surface area contributed by atoms with Crippen LogP contribution in [0.1, 0.15) is 46.9 Å². The first-order valence-electron chi connectivity index (χ1n) is 9.54. The van der Waals surface area contributed by atoms with Crippen molar-refractivity contribution < 1.29 is 9.18 Å². The smallest absolute Gasteiger partial charge is 0.329 e. The molecule has 1 N–H and O–H groups in total. The molecular weight excluding hydrogens is 375 g/mol. The van der Waals surface area contributed by atoms with E-state index in [2.05, 4.69) is 9.97 Å². The predicted molar refractivity (Wildman–Crippen MR) is 106 cm³/mol. The number of hydrogen-bond donors (Lipinski definition) is 1. The summed E-state index contributed by atoms with van der Waals surface area (Å²) in [6, 6.07) is 7.56. The number of fused-ring (bicyclic) bond motifs is 1. The summed E-state index contributed by atoms with van der Waals surface area (Å²) in [4.78, 5) is 46.3. The summed E-state index contributed by atoms with van der Waals surface area (Å²) in [6.45, 7) is 2.22. The number of hydrogen-bond acceptors (Lipinski definition) is 4. The highest BCUT2D eigenvalue weighted by molar-refractivity contribution is 6.05. The van der Waals surface area contributed by atoms with Gasteiger partial charge in [0.05, 0.1) is 17.0 Å². The molecule has 150 valence electrons. The second-order valence-corrected chi connectivity index (χ2v) is 7.39. The number of aromatic amines is 1. The largest absolute Gasteiger partial charge is 0.332 e. The number of amides is 1. The van der Waals surface area contributed by atoms with Crippen LogP contribution >= 0.6 is 0 Å². The minimum absolute atomic E-state index is 0.0891. The first-order chi connectivity index (χ1) is 13.9. The Morgan fingerprint density at radius 3 is 2.79 bits per heavy atom. The molecule has 0 radical (unpaired) electrons. The molecule has 2 aromatic heterocycles. The van der Waals surface area contributed by atoms with Crippen molar-refractivity contribution in [2.45, 2.75) is 32.2 Å². The average molecular weight is 396 g/mol. The van der Waals surface area contributed by atoms with Crippen LogP contribution in [0, 0.1) is 12.7 Å². The molecule has 0 unspecified atom stereocenters. The Labute approximate surface area is 165 Å². The zero-order chi connectivity index (χ0) is 20.7. The van der Waals surface area contributed by atoms with Gasteiger partial charge in [-0.25, -0.2) is 14.2 Å². The summed E-state index contributed by atoms with van der Waals surface area (Å²) in [5.41, 5.74) is 0.400. The Bertz CT molecular complexity index is 1230. The van der Waals surface area contributed by atoms with Gasteiger partial charge < -0.3 is 4.90 Å². The number of aromatic nitrogens is 3. The molecule has 1 saturated heterocycles. The van der Waals surface area contributed by atoms with Crippen LogP contribution in [0.2, 0.25) is 0 Å². The molecule has 0 saturated carbocycles. The van der Waals surface area contributed by atoms with Crippen LogP contribution in [0.5, 0.6) is 0 Å². The highest BCUT2D eigenvalue weighted by Crippen LogP contribution is 2.33. The number of carbonyl (C=O) groups excluding carboxylic acids is 1. The van der Waals surface area contributed by atoms with Gasteiger partial charge >= 0.3 is 5.69 Å². The molecule has 8 heteroatoms. The normalized spacial score (nSPS) is 16.9. The van der Waals surface area contributed by atoms with Crippen LogP contribution in [0.3, 0.4) is 0 Å². The fourth-order valence-corrected chi connectivity index (χ4v) is 4.02. The van der Waals surface area contributed by atoms with E-state index in [0.29, 0.717) is 18.7 Å². The Balaban J connectivity index is 1.87. The van der Waals surface area contributed by atoms with Crippen molar-refractivity contribution in [1.29, 1.82) is 0 Å². The van der Waals surface area contributed by atoms with Crippen molar-refractivity contribution >= 4 is 16.9 Å². The third-order valence-corrected chi connectivity index (χ3v) is 5.43. The molecular formula is C21H21FN4O3. The number of rotatable bonds is 2. The summed E-state index contributed by atoms with van der Waals surface area (Å²) in [5, 5.41) is 0.0891. The third kappa shape index (κ3) is 3.35. The quantitative estimate of drug-likeness (QED) is 0.721. The van der Waals surface area contributed by atoms with Gasteiger partial charge in [0.2, 0.25) is 0 Å². The molecule has 1 aliphatic heterocycles. The lowest BCUT2D eigenvalue weighted by Crippen LogP contribution is -2.39. The molecule has 1 fully saturated rings. The topological polar surface area (TPSA) is 88.1 Å². The lowest BCUT2D eigenvalue weighted by molar-refractivity contribution is 0.0613. The zero-order valence-corrected chi connectivity index (χ0v) is 16.2. The molecule has 1 atom stereocenters. The van der Waals surface area contributed by atoms with Gasteiger partial charge in [0.15, 0.2) is 0 Å². The maximum atomic E-state index is 13.8. The maximum Gasteiger partial charge on any atom is 0.329 e. The number of H-pyrrole nitrogens is 1. The molecule has 0 spiro atoms. The second-order valence-electron chi connectivity index (χ2n) is 7.39. The number of benzene rings is 1. The van der Waals surface area contributed by atoms with E-state index in [-0.39, 0.29) is 34.4 Å². The number of halogens is 1. The van der Waals surface area contributed by atoms with E-state index in [1.807, 2.05) is 6.07 Å². The van der Waals surface area contributed by atoms with Crippen molar-refractivity contribution in [2.75, 3.05) is 6.54 Å². The average Bonchev–Trinajstić information content (AvgIpc) is 2.71. The number of nitrogens with zero attached hydrogens (tertiary/aromatic N) is 3. The Hall–Kier alpha value is -3.29. The number of piperidine rings is 1. The first kappa shape index (κ1) is 19.0. The lowest BCUT2D eigenvalue weighted by Gasteiger charge is -2.36. The van der Waals surface area contributed by atoms with Gasteiger partial charge in [-0.15, -0.1) is 0 Å². The van der Waals surface area contributed by atoms with Crippen molar-refractivity contribution in [2.24, 2.45) is 7.05 Å². The molecule has 3 heterocycles. The van der Waals surface area contributed by atoms with Crippen molar-refractivity contribution in [3.63, 3.8) is 0 Å². The SMILES string of the molecule is Cc1cc(C(=O)N2CCCC[C@H]2c2cccc(F)c2)c2c(=O)[nH]c(=O)n(C)c2n1. The van der Waals surface area contributed by atoms with Gasteiger partial charge in [-0.3, -0.25) is 19.1 Å². The van der Waals surface area contributed by atoms with Gasteiger partial charge in [-0.1, -0.05) is 12.1 Å². The van der Waals surface area contributed by atoms with E-state index in [4.69, 9.17) is 0 Å².